The highest BCUT2D eigenvalue weighted by Crippen LogP contribution is 2.29. The Hall–Kier alpha value is -5.46. The predicted molar refractivity (Wildman–Crippen MR) is 164 cm³/mol. The Balaban J connectivity index is 1.25. The number of hydrogen-bond donors (Lipinski definition) is 3. The van der Waals surface area contributed by atoms with Crippen molar-refractivity contribution in [3.8, 4) is 28.5 Å². The Kier molecular flexibility index (Phi) is 9.08. The number of methoxy groups -OCH3 is 1. The zero-order valence-electron chi connectivity index (χ0n) is 25.1. The summed E-state index contributed by atoms with van der Waals surface area (Å²) in [6, 6.07) is 14.1. The molecule has 12 nitrogen and oxygen atoms in total. The van der Waals surface area contributed by atoms with Gasteiger partial charge in [-0.05, 0) is 60.0 Å². The molecule has 1 saturated heterocycles. The zero-order chi connectivity index (χ0) is 32.0. The number of aromatic nitrogens is 3. The quantitative estimate of drug-likeness (QED) is 0.314. The summed E-state index contributed by atoms with van der Waals surface area (Å²) in [5.74, 6) is -0.401. The molecule has 2 atom stereocenters. The lowest BCUT2D eigenvalue weighted by atomic mass is 10.0. The molecule has 4 aromatic rings. The van der Waals surface area contributed by atoms with Crippen molar-refractivity contribution in [3.63, 3.8) is 0 Å². The van der Waals surface area contributed by atoms with Crippen molar-refractivity contribution in [2.45, 2.75) is 38.0 Å². The van der Waals surface area contributed by atoms with Crippen LogP contribution in [0.3, 0.4) is 0 Å². The molecule has 0 saturated carbocycles. The van der Waals surface area contributed by atoms with Gasteiger partial charge >= 0.3 is 0 Å². The smallest absolute Gasteiger partial charge is 0.271 e. The van der Waals surface area contributed by atoms with Crippen LogP contribution >= 0.6 is 0 Å². The van der Waals surface area contributed by atoms with Crippen LogP contribution < -0.4 is 24.8 Å². The second kappa shape index (κ2) is 13.7. The van der Waals surface area contributed by atoms with Crippen molar-refractivity contribution >= 4 is 17.7 Å². The maximum atomic E-state index is 14.6. The van der Waals surface area contributed by atoms with E-state index in [0.29, 0.717) is 47.8 Å². The average Bonchev–Trinajstić information content (AvgIpc) is 3.56. The number of carbonyl (C=O) groups excluding carboxylic acids is 3. The predicted octanol–water partition coefficient (Wildman–Crippen LogP) is 3.04. The van der Waals surface area contributed by atoms with Crippen LogP contribution in [0.15, 0.2) is 67.0 Å². The van der Waals surface area contributed by atoms with Crippen molar-refractivity contribution in [2.24, 2.45) is 0 Å². The highest BCUT2D eigenvalue weighted by molar-refractivity contribution is 5.93. The van der Waals surface area contributed by atoms with Crippen LogP contribution in [0.1, 0.15) is 34.5 Å². The average molecular weight is 629 g/mol. The highest BCUT2D eigenvalue weighted by Gasteiger charge is 2.35. The van der Waals surface area contributed by atoms with Gasteiger partial charge in [0.2, 0.25) is 5.91 Å². The maximum Gasteiger partial charge on any atom is 0.271 e. The molecule has 46 heavy (non-hydrogen) atoms. The first-order chi connectivity index (χ1) is 22.3. The Morgan fingerprint density at radius 3 is 2.70 bits per heavy atom. The number of likely N-dealkylation sites (tertiary alicyclic amines) is 1. The van der Waals surface area contributed by atoms with Crippen molar-refractivity contribution in [2.75, 3.05) is 26.8 Å². The van der Waals surface area contributed by atoms with Gasteiger partial charge in [-0.15, -0.1) is 0 Å². The van der Waals surface area contributed by atoms with E-state index in [1.807, 2.05) is 6.07 Å². The van der Waals surface area contributed by atoms with Crippen molar-refractivity contribution in [3.05, 3.63) is 89.6 Å². The molecule has 238 valence electrons. The largest absolute Gasteiger partial charge is 0.493 e. The van der Waals surface area contributed by atoms with E-state index >= 15 is 0 Å². The van der Waals surface area contributed by atoms with E-state index in [1.54, 1.807) is 53.7 Å². The molecular formula is C33H33FN6O6. The van der Waals surface area contributed by atoms with Gasteiger partial charge in [-0.25, -0.2) is 4.39 Å². The number of H-pyrrole nitrogens is 1. The van der Waals surface area contributed by atoms with Gasteiger partial charge in [0.1, 0.15) is 23.4 Å². The molecule has 0 spiro atoms. The minimum atomic E-state index is -0.657. The van der Waals surface area contributed by atoms with Crippen LogP contribution in [0.5, 0.6) is 17.2 Å². The molecule has 6 rings (SSSR count). The Morgan fingerprint density at radius 2 is 1.87 bits per heavy atom. The van der Waals surface area contributed by atoms with Crippen molar-refractivity contribution < 1.29 is 33.0 Å². The fourth-order valence-electron chi connectivity index (χ4n) is 5.56. The standard InChI is InChI=1S/C33H33FN6O6/c1-44-29-4-2-20-3-5-31(41)36-17-21-12-23(34)15-24(13-21)46-28-8-11-40(18-27(28)37-32(42)19-45-30(29)14-20)33(43)26-16-25(38-39-26)22-6-9-35-10-7-22/h2,4,6-7,9-10,12-16,27-28H,3,5,8,11,17-19H2,1H3,(H,36,41)(H,37,42)(H,38,39)/t27-,28-/m1/s1. The normalized spacial score (nSPS) is 18.9. The molecule has 0 unspecified atom stereocenters. The first-order valence-corrected chi connectivity index (χ1v) is 14.9. The van der Waals surface area contributed by atoms with Crippen LogP contribution in [0.25, 0.3) is 11.3 Å². The summed E-state index contributed by atoms with van der Waals surface area (Å²) in [6.07, 6.45) is 3.67. The molecule has 4 heterocycles. The number of ether oxygens (including phenoxy) is 3. The molecule has 13 heteroatoms. The fourth-order valence-corrected chi connectivity index (χ4v) is 5.56. The summed E-state index contributed by atoms with van der Waals surface area (Å²) in [6.45, 7) is 0.216. The van der Waals surface area contributed by atoms with Gasteiger partial charge in [0, 0.05) is 56.5 Å². The van der Waals surface area contributed by atoms with Gasteiger partial charge in [0.05, 0.1) is 18.8 Å². The van der Waals surface area contributed by atoms with E-state index in [-0.39, 0.29) is 43.7 Å². The summed E-state index contributed by atoms with van der Waals surface area (Å²) < 4.78 is 32.1. The summed E-state index contributed by atoms with van der Waals surface area (Å²) in [5, 5.41) is 12.9. The topological polar surface area (TPSA) is 148 Å². The number of nitrogens with zero attached hydrogens (tertiary/aromatic N) is 3. The number of aromatic amines is 1. The number of fused-ring (bicyclic) bond motifs is 5. The lowest BCUT2D eigenvalue weighted by Gasteiger charge is -2.38. The molecule has 3 N–H and O–H groups in total. The Bertz CT molecular complexity index is 1730. The van der Waals surface area contributed by atoms with Gasteiger partial charge < -0.3 is 29.7 Å². The molecule has 2 aliphatic rings. The molecule has 4 bridgehead atoms. The minimum Gasteiger partial charge on any atom is -0.493 e. The number of halogens is 1. The van der Waals surface area contributed by atoms with Crippen LogP contribution in [0.2, 0.25) is 0 Å². The fraction of sp³-hybridized carbons (Fsp3) is 0.303. The van der Waals surface area contributed by atoms with Gasteiger partial charge in [-0.3, -0.25) is 24.5 Å². The number of piperidine rings is 1. The van der Waals surface area contributed by atoms with E-state index in [2.05, 4.69) is 25.8 Å². The van der Waals surface area contributed by atoms with E-state index in [0.717, 1.165) is 11.1 Å². The van der Waals surface area contributed by atoms with E-state index in [1.165, 1.54) is 19.2 Å². The third-order valence-electron chi connectivity index (χ3n) is 7.90. The number of benzene rings is 2. The number of pyridine rings is 1. The summed E-state index contributed by atoms with van der Waals surface area (Å²) in [7, 11) is 1.50. The molecule has 2 aromatic heterocycles. The molecule has 0 aliphatic carbocycles. The number of carbonyl (C=O) groups is 3. The Morgan fingerprint density at radius 1 is 1.02 bits per heavy atom. The van der Waals surface area contributed by atoms with Gasteiger partial charge in [0.15, 0.2) is 18.1 Å². The summed E-state index contributed by atoms with van der Waals surface area (Å²) in [4.78, 5) is 45.0. The monoisotopic (exact) mass is 628 g/mol. The molecule has 2 aliphatic heterocycles. The SMILES string of the molecule is COc1ccc2cc1OCC(=O)N[C@@H]1CN(C(=O)c3cc(-c4ccncc4)n[nH]3)CC[C@H]1Oc1cc(F)cc(c1)CNC(=O)CC2. The Labute approximate surface area is 264 Å². The number of rotatable bonds is 3. The third-order valence-corrected chi connectivity index (χ3v) is 7.90. The second-order valence-electron chi connectivity index (χ2n) is 11.1. The first kappa shape index (κ1) is 30.6. The maximum absolute atomic E-state index is 14.6. The van der Waals surface area contributed by atoms with Gasteiger partial charge in [-0.1, -0.05) is 6.07 Å². The number of hydrogen-bond acceptors (Lipinski definition) is 8. The molecule has 3 amide bonds. The van der Waals surface area contributed by atoms with Crippen molar-refractivity contribution in [1.29, 1.82) is 0 Å². The lowest BCUT2D eigenvalue weighted by molar-refractivity contribution is -0.125. The number of amides is 3. The molecule has 2 aromatic carbocycles. The lowest BCUT2D eigenvalue weighted by Crippen LogP contribution is -2.58. The molecular weight excluding hydrogens is 595 g/mol. The van der Waals surface area contributed by atoms with Gasteiger partial charge in [-0.2, -0.15) is 5.10 Å². The summed E-state index contributed by atoms with van der Waals surface area (Å²) in [5.41, 5.74) is 3.06. The van der Waals surface area contributed by atoms with E-state index < -0.39 is 23.9 Å². The van der Waals surface area contributed by atoms with Crippen LogP contribution in [-0.2, 0) is 22.6 Å². The number of nitrogens with one attached hydrogen (secondary N) is 3. The minimum absolute atomic E-state index is 0.114. The van der Waals surface area contributed by atoms with Crippen LogP contribution in [0, 0.1) is 5.82 Å². The zero-order valence-corrected chi connectivity index (χ0v) is 25.1. The van der Waals surface area contributed by atoms with Gasteiger partial charge in [0.25, 0.3) is 11.8 Å². The molecule has 0 radical (unpaired) electrons. The van der Waals surface area contributed by atoms with E-state index in [9.17, 15) is 18.8 Å². The van der Waals surface area contributed by atoms with Crippen LogP contribution in [-0.4, -0.2) is 76.8 Å². The van der Waals surface area contributed by atoms with E-state index in [4.69, 9.17) is 14.2 Å². The first-order valence-electron chi connectivity index (χ1n) is 14.9. The number of aryl methyl sites for hydroxylation is 1. The van der Waals surface area contributed by atoms with Crippen molar-refractivity contribution in [1.82, 2.24) is 30.7 Å². The highest BCUT2D eigenvalue weighted by atomic mass is 19.1. The van der Waals surface area contributed by atoms with Crippen LogP contribution in [0.4, 0.5) is 4.39 Å². The third kappa shape index (κ3) is 7.25. The second-order valence-corrected chi connectivity index (χ2v) is 11.1. The molecule has 1 fully saturated rings. The summed E-state index contributed by atoms with van der Waals surface area (Å²) >= 11 is 0.